The van der Waals surface area contributed by atoms with E-state index in [1.54, 1.807) is 13.2 Å². The van der Waals surface area contributed by atoms with Crippen molar-refractivity contribution >= 4 is 28.9 Å². The second-order valence-electron chi connectivity index (χ2n) is 6.27. The van der Waals surface area contributed by atoms with E-state index in [-0.39, 0.29) is 5.91 Å². The van der Waals surface area contributed by atoms with Gasteiger partial charge in [0.2, 0.25) is 5.91 Å². The predicted molar refractivity (Wildman–Crippen MR) is 105 cm³/mol. The van der Waals surface area contributed by atoms with E-state index in [4.69, 9.17) is 16.3 Å². The zero-order chi connectivity index (χ0) is 18.4. The van der Waals surface area contributed by atoms with Crippen molar-refractivity contribution in [2.24, 2.45) is 0 Å². The standard InChI is InChI=1S/C20H25ClN2O2/c1-13(2)15-7-5-6-8-17(15)23-20(24)9-10-22-18-11-14(3)16(21)12-19(18)25-4/h5-8,11-13,22H,9-10H2,1-4H3,(H,23,24). The van der Waals surface area contributed by atoms with Crippen molar-refractivity contribution in [3.05, 3.63) is 52.5 Å². The van der Waals surface area contributed by atoms with Crippen LogP contribution in [0, 0.1) is 6.92 Å². The number of halogens is 1. The van der Waals surface area contributed by atoms with E-state index in [2.05, 4.69) is 24.5 Å². The lowest BCUT2D eigenvalue weighted by molar-refractivity contribution is -0.115. The van der Waals surface area contributed by atoms with E-state index in [1.807, 2.05) is 37.3 Å². The number of methoxy groups -OCH3 is 1. The Morgan fingerprint density at radius 1 is 1.20 bits per heavy atom. The molecule has 0 bridgehead atoms. The topological polar surface area (TPSA) is 50.4 Å². The van der Waals surface area contributed by atoms with Crippen LogP contribution in [0.1, 0.15) is 37.3 Å². The summed E-state index contributed by atoms with van der Waals surface area (Å²) in [6, 6.07) is 11.6. The number of para-hydroxylation sites is 1. The van der Waals surface area contributed by atoms with Gasteiger partial charge in [0.05, 0.1) is 12.8 Å². The van der Waals surface area contributed by atoms with Crippen LogP contribution in [0.3, 0.4) is 0 Å². The minimum atomic E-state index is -0.0229. The number of hydrogen-bond donors (Lipinski definition) is 2. The first kappa shape index (κ1) is 19.1. The van der Waals surface area contributed by atoms with Crippen molar-refractivity contribution in [3.63, 3.8) is 0 Å². The third kappa shape index (κ3) is 5.13. The maximum atomic E-state index is 12.2. The number of amides is 1. The van der Waals surface area contributed by atoms with Crippen LogP contribution in [0.5, 0.6) is 5.75 Å². The molecule has 0 heterocycles. The van der Waals surface area contributed by atoms with E-state index in [0.717, 1.165) is 22.5 Å². The summed E-state index contributed by atoms with van der Waals surface area (Å²) in [4.78, 5) is 12.2. The molecule has 5 heteroatoms. The number of anilines is 2. The number of ether oxygens (including phenoxy) is 1. The van der Waals surface area contributed by atoms with Crippen LogP contribution in [0.4, 0.5) is 11.4 Å². The molecule has 0 fully saturated rings. The van der Waals surface area contributed by atoms with Crippen LogP contribution in [0.25, 0.3) is 0 Å². The fourth-order valence-corrected chi connectivity index (χ4v) is 2.76. The molecule has 4 nitrogen and oxygen atoms in total. The normalized spacial score (nSPS) is 10.6. The van der Waals surface area contributed by atoms with Crippen LogP contribution in [-0.4, -0.2) is 19.6 Å². The molecular formula is C20H25ClN2O2. The van der Waals surface area contributed by atoms with Crippen LogP contribution in [0.2, 0.25) is 5.02 Å². The molecule has 0 aliphatic carbocycles. The zero-order valence-electron chi connectivity index (χ0n) is 15.2. The van der Waals surface area contributed by atoms with Gasteiger partial charge in [-0.3, -0.25) is 4.79 Å². The highest BCUT2D eigenvalue weighted by molar-refractivity contribution is 6.31. The molecule has 0 saturated carbocycles. The van der Waals surface area contributed by atoms with Gasteiger partial charge in [-0.25, -0.2) is 0 Å². The second-order valence-corrected chi connectivity index (χ2v) is 6.68. The molecule has 0 aliphatic rings. The van der Waals surface area contributed by atoms with Gasteiger partial charge in [-0.05, 0) is 36.1 Å². The van der Waals surface area contributed by atoms with Crippen LogP contribution < -0.4 is 15.4 Å². The third-order valence-electron chi connectivity index (χ3n) is 4.01. The lowest BCUT2D eigenvalue weighted by Crippen LogP contribution is -2.17. The maximum absolute atomic E-state index is 12.2. The lowest BCUT2D eigenvalue weighted by atomic mass is 10.0. The largest absolute Gasteiger partial charge is 0.495 e. The van der Waals surface area contributed by atoms with E-state index in [1.165, 1.54) is 0 Å². The summed E-state index contributed by atoms with van der Waals surface area (Å²) in [5.74, 6) is 1.00. The molecule has 2 aromatic rings. The Morgan fingerprint density at radius 3 is 2.60 bits per heavy atom. The molecule has 2 rings (SSSR count). The number of benzene rings is 2. The number of hydrogen-bond acceptors (Lipinski definition) is 3. The van der Waals surface area contributed by atoms with Gasteiger partial charge in [-0.15, -0.1) is 0 Å². The van der Waals surface area contributed by atoms with Crippen molar-refractivity contribution in [1.82, 2.24) is 0 Å². The SMILES string of the molecule is COc1cc(Cl)c(C)cc1NCCC(=O)Nc1ccccc1C(C)C. The molecule has 2 aromatic carbocycles. The first-order chi connectivity index (χ1) is 11.9. The second kappa shape index (κ2) is 8.77. The van der Waals surface area contributed by atoms with Gasteiger partial charge >= 0.3 is 0 Å². The van der Waals surface area contributed by atoms with E-state index >= 15 is 0 Å². The molecule has 134 valence electrons. The summed E-state index contributed by atoms with van der Waals surface area (Å²) in [7, 11) is 1.60. The Bertz CT molecular complexity index is 744. The molecule has 0 aromatic heterocycles. The van der Waals surface area contributed by atoms with Gasteiger partial charge in [0.15, 0.2) is 0 Å². The van der Waals surface area contributed by atoms with Crippen LogP contribution in [-0.2, 0) is 4.79 Å². The van der Waals surface area contributed by atoms with Crippen molar-refractivity contribution in [1.29, 1.82) is 0 Å². The molecule has 0 saturated heterocycles. The minimum absolute atomic E-state index is 0.0229. The maximum Gasteiger partial charge on any atom is 0.226 e. The first-order valence-corrected chi connectivity index (χ1v) is 8.77. The lowest BCUT2D eigenvalue weighted by Gasteiger charge is -2.15. The molecule has 2 N–H and O–H groups in total. The van der Waals surface area contributed by atoms with Crippen LogP contribution >= 0.6 is 11.6 Å². The predicted octanol–water partition coefficient (Wildman–Crippen LogP) is 5.22. The summed E-state index contributed by atoms with van der Waals surface area (Å²) in [5.41, 5.74) is 3.81. The van der Waals surface area contributed by atoms with Crippen molar-refractivity contribution in [2.45, 2.75) is 33.1 Å². The van der Waals surface area contributed by atoms with Gasteiger partial charge in [0.1, 0.15) is 5.75 Å². The fraction of sp³-hybridized carbons (Fsp3) is 0.350. The molecular weight excluding hydrogens is 336 g/mol. The van der Waals surface area contributed by atoms with Gasteiger partial charge in [0.25, 0.3) is 0 Å². The number of nitrogens with one attached hydrogen (secondary N) is 2. The number of carbonyl (C=O) groups excluding carboxylic acids is 1. The Balaban J connectivity index is 1.95. The molecule has 0 atom stereocenters. The molecule has 1 amide bonds. The zero-order valence-corrected chi connectivity index (χ0v) is 15.9. The highest BCUT2D eigenvalue weighted by atomic mass is 35.5. The Kier molecular flexibility index (Phi) is 6.71. The summed E-state index contributed by atoms with van der Waals surface area (Å²) in [6.07, 6.45) is 0.358. The highest BCUT2D eigenvalue weighted by Crippen LogP contribution is 2.31. The van der Waals surface area contributed by atoms with Crippen LogP contribution in [0.15, 0.2) is 36.4 Å². The van der Waals surface area contributed by atoms with E-state index in [9.17, 15) is 4.79 Å². The van der Waals surface area contributed by atoms with Crippen molar-refractivity contribution < 1.29 is 9.53 Å². The van der Waals surface area contributed by atoms with Gasteiger partial charge in [-0.2, -0.15) is 0 Å². The highest BCUT2D eigenvalue weighted by Gasteiger charge is 2.10. The quantitative estimate of drug-likeness (QED) is 0.711. The fourth-order valence-electron chi connectivity index (χ4n) is 2.61. The monoisotopic (exact) mass is 360 g/mol. The minimum Gasteiger partial charge on any atom is -0.495 e. The Labute approximate surface area is 154 Å². The number of aryl methyl sites for hydroxylation is 1. The summed E-state index contributed by atoms with van der Waals surface area (Å²) in [6.45, 7) is 6.67. The van der Waals surface area contributed by atoms with Gasteiger partial charge in [0, 0.05) is 29.7 Å². The Hall–Kier alpha value is -2.20. The van der Waals surface area contributed by atoms with Crippen molar-refractivity contribution in [2.75, 3.05) is 24.3 Å². The average molecular weight is 361 g/mol. The third-order valence-corrected chi connectivity index (χ3v) is 4.41. The molecule has 25 heavy (non-hydrogen) atoms. The summed E-state index contributed by atoms with van der Waals surface area (Å²) >= 11 is 6.11. The summed E-state index contributed by atoms with van der Waals surface area (Å²) < 4.78 is 5.33. The molecule has 0 unspecified atom stereocenters. The number of carbonyl (C=O) groups is 1. The van der Waals surface area contributed by atoms with E-state index < -0.39 is 0 Å². The number of rotatable bonds is 7. The smallest absolute Gasteiger partial charge is 0.226 e. The first-order valence-electron chi connectivity index (χ1n) is 8.39. The molecule has 0 radical (unpaired) electrons. The van der Waals surface area contributed by atoms with Gasteiger partial charge < -0.3 is 15.4 Å². The Morgan fingerprint density at radius 2 is 1.92 bits per heavy atom. The molecule has 0 aliphatic heterocycles. The van der Waals surface area contributed by atoms with Gasteiger partial charge in [-0.1, -0.05) is 43.6 Å². The molecule has 0 spiro atoms. The average Bonchev–Trinajstić information content (AvgIpc) is 2.58. The van der Waals surface area contributed by atoms with E-state index in [0.29, 0.717) is 29.7 Å². The van der Waals surface area contributed by atoms with Crippen molar-refractivity contribution in [3.8, 4) is 5.75 Å². The summed E-state index contributed by atoms with van der Waals surface area (Å²) in [5, 5.41) is 6.90.